The molecule has 22 heavy (non-hydrogen) atoms. The second-order valence-corrected chi connectivity index (χ2v) is 5.54. The SMILES string of the molecule is [CH2]CCOc1cc([N+](=O)[O-])c(B2OCC(C)(C)O2)cc1OC. The van der Waals surface area contributed by atoms with Crippen LogP contribution in [0.5, 0.6) is 11.5 Å². The molecule has 0 atom stereocenters. The van der Waals surface area contributed by atoms with E-state index in [2.05, 4.69) is 6.92 Å². The summed E-state index contributed by atoms with van der Waals surface area (Å²) < 4.78 is 21.9. The minimum absolute atomic E-state index is 0.123. The van der Waals surface area contributed by atoms with Crippen molar-refractivity contribution in [1.82, 2.24) is 0 Å². The molecule has 2 rings (SSSR count). The van der Waals surface area contributed by atoms with E-state index in [-0.39, 0.29) is 5.69 Å². The van der Waals surface area contributed by atoms with Gasteiger partial charge in [0.15, 0.2) is 11.5 Å². The number of nitrogens with zero attached hydrogens (tertiary/aromatic N) is 1. The summed E-state index contributed by atoms with van der Waals surface area (Å²) in [5.41, 5.74) is -0.300. The lowest BCUT2D eigenvalue weighted by Crippen LogP contribution is -2.36. The fraction of sp³-hybridized carbons (Fsp3) is 0.500. The lowest BCUT2D eigenvalue weighted by Gasteiger charge is -2.16. The molecule has 0 aliphatic carbocycles. The first-order valence-electron chi connectivity index (χ1n) is 6.96. The van der Waals surface area contributed by atoms with Gasteiger partial charge >= 0.3 is 7.12 Å². The number of rotatable bonds is 6. The molecule has 1 aromatic carbocycles. The maximum atomic E-state index is 11.4. The average molecular weight is 308 g/mol. The average Bonchev–Trinajstić information content (AvgIpc) is 2.84. The summed E-state index contributed by atoms with van der Waals surface area (Å²) in [5.74, 6) is 0.699. The number of benzene rings is 1. The summed E-state index contributed by atoms with van der Waals surface area (Å²) >= 11 is 0. The molecule has 7 nitrogen and oxygen atoms in total. The zero-order valence-corrected chi connectivity index (χ0v) is 13.0. The van der Waals surface area contributed by atoms with Gasteiger partial charge in [-0.05, 0) is 33.3 Å². The van der Waals surface area contributed by atoms with Crippen LogP contribution < -0.4 is 14.9 Å². The molecule has 0 unspecified atom stereocenters. The predicted molar refractivity (Wildman–Crippen MR) is 81.6 cm³/mol. The van der Waals surface area contributed by atoms with Gasteiger partial charge in [0.2, 0.25) is 0 Å². The van der Waals surface area contributed by atoms with Crippen molar-refractivity contribution in [3.05, 3.63) is 29.2 Å². The Morgan fingerprint density at radius 2 is 2.18 bits per heavy atom. The third-order valence-corrected chi connectivity index (χ3v) is 3.17. The summed E-state index contributed by atoms with van der Waals surface area (Å²) in [7, 11) is 0.675. The van der Waals surface area contributed by atoms with Crippen LogP contribution >= 0.6 is 0 Å². The van der Waals surface area contributed by atoms with Gasteiger partial charge in [0.25, 0.3) is 5.69 Å². The molecule has 8 heteroatoms. The van der Waals surface area contributed by atoms with E-state index in [1.807, 2.05) is 13.8 Å². The number of hydrogen-bond donors (Lipinski definition) is 0. The second-order valence-electron chi connectivity index (χ2n) is 5.54. The van der Waals surface area contributed by atoms with Crippen LogP contribution in [0.4, 0.5) is 5.69 Å². The molecular weight excluding hydrogens is 289 g/mol. The Labute approximate surface area is 129 Å². The monoisotopic (exact) mass is 308 g/mol. The van der Waals surface area contributed by atoms with Crippen LogP contribution in [0.2, 0.25) is 0 Å². The lowest BCUT2D eigenvalue weighted by molar-refractivity contribution is -0.383. The highest BCUT2D eigenvalue weighted by Crippen LogP contribution is 2.32. The minimum Gasteiger partial charge on any atom is -0.493 e. The second kappa shape index (κ2) is 6.54. The third-order valence-electron chi connectivity index (χ3n) is 3.17. The molecule has 0 bridgehead atoms. The molecule has 1 saturated heterocycles. The van der Waals surface area contributed by atoms with Gasteiger partial charge in [-0.2, -0.15) is 0 Å². The van der Waals surface area contributed by atoms with Gasteiger partial charge in [0, 0.05) is 0 Å². The van der Waals surface area contributed by atoms with Gasteiger partial charge in [-0.1, -0.05) is 0 Å². The Kier molecular flexibility index (Phi) is 4.92. The maximum Gasteiger partial charge on any atom is 0.501 e. The number of ether oxygens (including phenoxy) is 2. The zero-order valence-electron chi connectivity index (χ0n) is 13.0. The largest absolute Gasteiger partial charge is 0.501 e. The summed E-state index contributed by atoms with van der Waals surface area (Å²) in [6, 6.07) is 2.87. The van der Waals surface area contributed by atoms with Gasteiger partial charge in [0.1, 0.15) is 0 Å². The quantitative estimate of drug-likeness (QED) is 0.452. The van der Waals surface area contributed by atoms with Gasteiger partial charge in [0.05, 0.1) is 42.4 Å². The van der Waals surface area contributed by atoms with Gasteiger partial charge in [-0.25, -0.2) is 0 Å². The molecule has 0 saturated carbocycles. The van der Waals surface area contributed by atoms with Crippen LogP contribution in [0, 0.1) is 17.0 Å². The molecule has 119 valence electrons. The summed E-state index contributed by atoms with van der Waals surface area (Å²) in [4.78, 5) is 10.9. The molecule has 1 aliphatic rings. The topological polar surface area (TPSA) is 80.1 Å². The van der Waals surface area contributed by atoms with Crippen LogP contribution in [0.25, 0.3) is 0 Å². The third kappa shape index (κ3) is 3.51. The normalized spacial score (nSPS) is 16.6. The van der Waals surface area contributed by atoms with Crippen LogP contribution in [-0.4, -0.2) is 38.0 Å². The highest BCUT2D eigenvalue weighted by atomic mass is 16.7. The number of nitro benzene ring substituents is 1. The summed E-state index contributed by atoms with van der Waals surface area (Å²) in [6.45, 7) is 8.10. The molecule has 0 spiro atoms. The van der Waals surface area contributed by atoms with Gasteiger partial charge in [-0.15, -0.1) is 0 Å². The van der Waals surface area contributed by atoms with Crippen molar-refractivity contribution in [1.29, 1.82) is 0 Å². The Bertz CT molecular complexity index is 563. The number of nitro groups is 1. The molecule has 1 fully saturated rings. The van der Waals surface area contributed by atoms with Crippen LogP contribution in [0.1, 0.15) is 20.3 Å². The van der Waals surface area contributed by atoms with Crippen LogP contribution in [0.15, 0.2) is 12.1 Å². The van der Waals surface area contributed by atoms with Crippen molar-refractivity contribution in [3.8, 4) is 11.5 Å². The Balaban J connectivity index is 2.42. The first-order valence-corrected chi connectivity index (χ1v) is 6.96. The maximum absolute atomic E-state index is 11.4. The van der Waals surface area contributed by atoms with Crippen molar-refractivity contribution in [3.63, 3.8) is 0 Å². The molecule has 1 heterocycles. The van der Waals surface area contributed by atoms with Gasteiger partial charge < -0.3 is 18.8 Å². The van der Waals surface area contributed by atoms with E-state index in [9.17, 15) is 10.1 Å². The van der Waals surface area contributed by atoms with E-state index < -0.39 is 17.6 Å². The van der Waals surface area contributed by atoms with E-state index in [0.717, 1.165) is 0 Å². The van der Waals surface area contributed by atoms with E-state index in [4.69, 9.17) is 18.8 Å². The summed E-state index contributed by atoms with van der Waals surface area (Å²) in [5, 5.41) is 11.4. The predicted octanol–water partition coefficient (Wildman–Crippen LogP) is 1.73. The standard InChI is InChI=1S/C14H19BNO6/c1-5-6-20-13-8-11(16(17)18)10(7-12(13)19-4)15-21-9-14(2,3)22-15/h7-8H,1,5-6,9H2,2-4H3. The first kappa shape index (κ1) is 16.6. The van der Waals surface area contributed by atoms with Gasteiger partial charge in [-0.3, -0.25) is 10.1 Å². The fourth-order valence-electron chi connectivity index (χ4n) is 2.15. The molecule has 1 aromatic rings. The Morgan fingerprint density at radius 1 is 1.45 bits per heavy atom. The van der Waals surface area contributed by atoms with Crippen LogP contribution in [-0.2, 0) is 9.31 Å². The number of hydrogen-bond acceptors (Lipinski definition) is 6. The smallest absolute Gasteiger partial charge is 0.493 e. The van der Waals surface area contributed by atoms with Crippen molar-refractivity contribution in [2.24, 2.45) is 0 Å². The Hall–Kier alpha value is -1.80. The minimum atomic E-state index is -0.800. The fourth-order valence-corrected chi connectivity index (χ4v) is 2.15. The molecule has 1 radical (unpaired) electrons. The number of methoxy groups -OCH3 is 1. The van der Waals surface area contributed by atoms with E-state index in [1.165, 1.54) is 19.2 Å². The highest BCUT2D eigenvalue weighted by molar-refractivity contribution is 6.63. The molecule has 1 aliphatic heterocycles. The Morgan fingerprint density at radius 3 is 2.68 bits per heavy atom. The molecule has 0 aromatic heterocycles. The molecular formula is C14H19BNO6. The van der Waals surface area contributed by atoms with Crippen molar-refractivity contribution < 1.29 is 23.7 Å². The lowest BCUT2D eigenvalue weighted by atomic mass is 9.77. The van der Waals surface area contributed by atoms with Crippen molar-refractivity contribution in [2.45, 2.75) is 25.9 Å². The van der Waals surface area contributed by atoms with Crippen molar-refractivity contribution >= 4 is 18.3 Å². The van der Waals surface area contributed by atoms with E-state index in [1.54, 1.807) is 0 Å². The summed E-state index contributed by atoms with van der Waals surface area (Å²) in [6.07, 6.45) is 0.543. The zero-order chi connectivity index (χ0) is 16.3. The highest BCUT2D eigenvalue weighted by Gasteiger charge is 2.42. The van der Waals surface area contributed by atoms with Crippen LogP contribution in [0.3, 0.4) is 0 Å². The molecule has 0 N–H and O–H groups in total. The first-order chi connectivity index (χ1) is 10.4. The van der Waals surface area contributed by atoms with E-state index >= 15 is 0 Å². The molecule has 0 amide bonds. The van der Waals surface area contributed by atoms with Crippen molar-refractivity contribution in [2.75, 3.05) is 20.3 Å². The van der Waals surface area contributed by atoms with E-state index in [0.29, 0.717) is 36.6 Å².